The number of rotatable bonds is 8. The average Bonchev–Trinajstić information content (AvgIpc) is 3.10. The molecule has 0 amide bonds. The van der Waals surface area contributed by atoms with E-state index >= 15 is 0 Å². The van der Waals surface area contributed by atoms with Crippen molar-refractivity contribution in [3.63, 3.8) is 0 Å². The highest BCUT2D eigenvalue weighted by atomic mass is 16.5. The van der Waals surface area contributed by atoms with E-state index in [4.69, 9.17) is 30.0 Å². The fourth-order valence-electron chi connectivity index (χ4n) is 4.40. The second-order valence-corrected chi connectivity index (χ2v) is 8.93. The van der Waals surface area contributed by atoms with Crippen LogP contribution in [0, 0.1) is 6.92 Å². The zero-order valence-corrected chi connectivity index (χ0v) is 20.8. The highest BCUT2D eigenvalue weighted by Gasteiger charge is 2.26. The molecule has 1 unspecified atom stereocenters. The summed E-state index contributed by atoms with van der Waals surface area (Å²) in [6, 6.07) is 17.5. The number of fused-ring (bicyclic) bond motifs is 1. The Hall–Kier alpha value is -3.53. The van der Waals surface area contributed by atoms with Crippen molar-refractivity contribution in [2.75, 3.05) is 45.4 Å². The van der Waals surface area contributed by atoms with Crippen LogP contribution in [0.5, 0.6) is 11.5 Å². The smallest absolute Gasteiger partial charge is 0.164 e. The largest absolute Gasteiger partial charge is 0.457 e. The lowest BCUT2D eigenvalue weighted by Crippen LogP contribution is -2.33. The third-order valence-corrected chi connectivity index (χ3v) is 6.10. The van der Waals surface area contributed by atoms with E-state index in [1.807, 2.05) is 66.2 Å². The zero-order chi connectivity index (χ0) is 24.9. The zero-order valence-electron chi connectivity index (χ0n) is 20.8. The van der Waals surface area contributed by atoms with Gasteiger partial charge in [0.05, 0.1) is 31.4 Å². The van der Waals surface area contributed by atoms with Crippen molar-refractivity contribution in [2.24, 2.45) is 0 Å². The van der Waals surface area contributed by atoms with Crippen LogP contribution in [0.4, 0.5) is 5.82 Å². The fourth-order valence-corrected chi connectivity index (χ4v) is 4.40. The lowest BCUT2D eigenvalue weighted by Gasteiger charge is -2.23. The van der Waals surface area contributed by atoms with Gasteiger partial charge in [0.25, 0.3) is 0 Å². The second kappa shape index (κ2) is 11.0. The van der Waals surface area contributed by atoms with Gasteiger partial charge in [0, 0.05) is 25.3 Å². The molecular weight excluding hydrogens is 456 g/mol. The molecule has 2 N–H and O–H groups in total. The second-order valence-electron chi connectivity index (χ2n) is 8.93. The molecule has 1 aliphatic heterocycles. The monoisotopic (exact) mass is 488 g/mol. The lowest BCUT2D eigenvalue weighted by atomic mass is 10.1. The Bertz CT molecular complexity index is 1290. The van der Waals surface area contributed by atoms with E-state index < -0.39 is 0 Å². The lowest BCUT2D eigenvalue weighted by molar-refractivity contribution is 0.0246. The Morgan fingerprint density at radius 3 is 2.61 bits per heavy atom. The Morgan fingerprint density at radius 2 is 1.83 bits per heavy atom. The molecule has 2 aromatic carbocycles. The molecule has 1 atom stereocenters. The number of benzene rings is 2. The summed E-state index contributed by atoms with van der Waals surface area (Å²) in [5.74, 6) is 2.56. The summed E-state index contributed by atoms with van der Waals surface area (Å²) in [6.45, 7) is 8.00. The van der Waals surface area contributed by atoms with E-state index in [-0.39, 0.29) is 6.04 Å². The van der Waals surface area contributed by atoms with Gasteiger partial charge in [-0.2, -0.15) is 5.10 Å². The quantitative estimate of drug-likeness (QED) is 0.364. The van der Waals surface area contributed by atoms with Crippen molar-refractivity contribution >= 4 is 16.9 Å². The summed E-state index contributed by atoms with van der Waals surface area (Å²) in [4.78, 5) is 11.4. The van der Waals surface area contributed by atoms with Crippen LogP contribution >= 0.6 is 0 Å². The number of anilines is 1. The normalized spacial score (nSPS) is 16.8. The molecule has 9 nitrogen and oxygen atoms in total. The molecule has 0 bridgehead atoms. The molecule has 2 aromatic heterocycles. The van der Waals surface area contributed by atoms with Gasteiger partial charge in [-0.05, 0) is 49.7 Å². The first-order valence-corrected chi connectivity index (χ1v) is 12.4. The Kier molecular flexibility index (Phi) is 7.41. The molecule has 188 valence electrons. The highest BCUT2D eigenvalue weighted by Crippen LogP contribution is 2.34. The molecule has 0 spiro atoms. The Balaban J connectivity index is 1.48. The first kappa shape index (κ1) is 24.2. The molecule has 3 heterocycles. The molecule has 0 radical (unpaired) electrons. The molecule has 0 saturated carbocycles. The van der Waals surface area contributed by atoms with Crippen LogP contribution in [0.2, 0.25) is 0 Å². The number of aromatic nitrogens is 4. The molecule has 0 aliphatic carbocycles. The van der Waals surface area contributed by atoms with Crippen molar-refractivity contribution in [3.8, 4) is 22.8 Å². The first-order chi connectivity index (χ1) is 17.6. The third-order valence-electron chi connectivity index (χ3n) is 6.10. The van der Waals surface area contributed by atoms with Crippen LogP contribution in [0.1, 0.15) is 25.2 Å². The summed E-state index contributed by atoms with van der Waals surface area (Å²) in [5, 5.41) is 5.76. The van der Waals surface area contributed by atoms with Crippen LogP contribution in [0.3, 0.4) is 0 Å². The molecule has 1 fully saturated rings. The van der Waals surface area contributed by atoms with Gasteiger partial charge in [-0.1, -0.05) is 25.1 Å². The van der Waals surface area contributed by atoms with Crippen molar-refractivity contribution in [1.82, 2.24) is 24.6 Å². The van der Waals surface area contributed by atoms with Gasteiger partial charge in [0.1, 0.15) is 28.8 Å². The van der Waals surface area contributed by atoms with E-state index in [0.29, 0.717) is 37.2 Å². The van der Waals surface area contributed by atoms with Crippen molar-refractivity contribution in [1.29, 1.82) is 0 Å². The molecular formula is C27H32N6O3. The van der Waals surface area contributed by atoms with Crippen LogP contribution in [0.15, 0.2) is 54.6 Å². The fraction of sp³-hybridized carbons (Fsp3) is 0.370. The van der Waals surface area contributed by atoms with Gasteiger partial charge in [-0.3, -0.25) is 4.90 Å². The summed E-state index contributed by atoms with van der Waals surface area (Å²) >= 11 is 0. The first-order valence-electron chi connectivity index (χ1n) is 12.4. The van der Waals surface area contributed by atoms with E-state index in [1.54, 1.807) is 0 Å². The van der Waals surface area contributed by atoms with Crippen molar-refractivity contribution in [3.05, 3.63) is 60.4 Å². The third kappa shape index (κ3) is 5.33. The molecule has 9 heteroatoms. The van der Waals surface area contributed by atoms with Crippen LogP contribution < -0.4 is 10.5 Å². The molecule has 1 saturated heterocycles. The maximum Gasteiger partial charge on any atom is 0.164 e. The van der Waals surface area contributed by atoms with Gasteiger partial charge in [0.15, 0.2) is 5.65 Å². The minimum atomic E-state index is -0.0386. The van der Waals surface area contributed by atoms with Gasteiger partial charge in [-0.25, -0.2) is 14.6 Å². The standard InChI is InChI=1S/C27H32N6O3/c1-3-14-35-18-32-13-15-34-17-21(16-32)33-27-24(26(28)29-19(2)30-27)25(31-33)20-9-11-23(12-10-20)36-22-7-5-4-6-8-22/h4-12,21H,3,13-18H2,1-2H3,(H2,28,29,30). The summed E-state index contributed by atoms with van der Waals surface area (Å²) in [6.07, 6.45) is 0.992. The van der Waals surface area contributed by atoms with Crippen molar-refractivity contribution in [2.45, 2.75) is 26.3 Å². The predicted octanol–water partition coefficient (Wildman–Crippen LogP) is 4.43. The number of hydrogen-bond acceptors (Lipinski definition) is 8. The van der Waals surface area contributed by atoms with Gasteiger partial charge >= 0.3 is 0 Å². The Labute approximate surface area is 210 Å². The molecule has 4 aromatic rings. The average molecular weight is 489 g/mol. The maximum atomic E-state index is 6.42. The van der Waals surface area contributed by atoms with E-state index in [9.17, 15) is 0 Å². The topological polar surface area (TPSA) is 101 Å². The molecule has 5 rings (SSSR count). The Morgan fingerprint density at radius 1 is 1.06 bits per heavy atom. The minimum absolute atomic E-state index is 0.0386. The highest BCUT2D eigenvalue weighted by molar-refractivity contribution is 5.98. The van der Waals surface area contributed by atoms with Gasteiger partial charge in [-0.15, -0.1) is 0 Å². The van der Waals surface area contributed by atoms with Gasteiger partial charge < -0.3 is 19.9 Å². The molecule has 36 heavy (non-hydrogen) atoms. The number of nitrogens with two attached hydrogens (primary N) is 1. The minimum Gasteiger partial charge on any atom is -0.457 e. The number of nitrogens with zero attached hydrogens (tertiary/aromatic N) is 5. The number of nitrogen functional groups attached to an aromatic ring is 1. The molecule has 1 aliphatic rings. The number of aryl methyl sites for hydroxylation is 1. The number of hydrogen-bond donors (Lipinski definition) is 1. The van der Waals surface area contributed by atoms with Crippen LogP contribution in [-0.2, 0) is 9.47 Å². The SMILES string of the molecule is CCCOCN1CCOCC(n2nc(-c3ccc(Oc4ccccc4)cc3)c3c(N)nc(C)nc32)C1. The van der Waals surface area contributed by atoms with Crippen LogP contribution in [-0.4, -0.2) is 64.3 Å². The summed E-state index contributed by atoms with van der Waals surface area (Å²) in [7, 11) is 0. The summed E-state index contributed by atoms with van der Waals surface area (Å²) in [5.41, 5.74) is 8.79. The van der Waals surface area contributed by atoms with E-state index in [2.05, 4.69) is 16.8 Å². The number of para-hydroxylation sites is 1. The van der Waals surface area contributed by atoms with E-state index in [1.165, 1.54) is 0 Å². The summed E-state index contributed by atoms with van der Waals surface area (Å²) < 4.78 is 19.6. The van der Waals surface area contributed by atoms with Gasteiger partial charge in [0.2, 0.25) is 0 Å². The van der Waals surface area contributed by atoms with Crippen molar-refractivity contribution < 1.29 is 14.2 Å². The van der Waals surface area contributed by atoms with E-state index in [0.717, 1.165) is 54.3 Å². The predicted molar refractivity (Wildman–Crippen MR) is 139 cm³/mol. The van der Waals surface area contributed by atoms with Crippen LogP contribution in [0.25, 0.3) is 22.3 Å². The number of ether oxygens (including phenoxy) is 3. The maximum absolute atomic E-state index is 6.42.